The zero-order valence-corrected chi connectivity index (χ0v) is 9.20. The molecule has 0 saturated carbocycles. The fourth-order valence-electron chi connectivity index (χ4n) is 1.76. The van der Waals surface area contributed by atoms with Crippen LogP contribution in [0.2, 0.25) is 0 Å². The van der Waals surface area contributed by atoms with Gasteiger partial charge in [0.15, 0.2) is 0 Å². The molecule has 0 aromatic rings. The number of carbonyl (C=O) groups is 1. The highest BCUT2D eigenvalue weighted by Crippen LogP contribution is 2.21. The summed E-state index contributed by atoms with van der Waals surface area (Å²) in [5, 5.41) is 17.3. The van der Waals surface area contributed by atoms with E-state index in [0.717, 1.165) is 25.7 Å². The van der Waals surface area contributed by atoms with Crippen LogP contribution in [0.25, 0.3) is 0 Å². The molecule has 0 rings (SSSR count). The summed E-state index contributed by atoms with van der Waals surface area (Å²) in [5.74, 6) is 0.118. The van der Waals surface area contributed by atoms with Crippen LogP contribution in [-0.2, 0) is 4.79 Å². The van der Waals surface area contributed by atoms with Crippen LogP contribution in [0.4, 0.5) is 0 Å². The van der Waals surface area contributed by atoms with Crippen LogP contribution in [0.1, 0.15) is 46.0 Å². The zero-order chi connectivity index (χ0) is 11.0. The van der Waals surface area contributed by atoms with Crippen molar-refractivity contribution in [2.75, 3.05) is 6.61 Å². The van der Waals surface area contributed by atoms with Gasteiger partial charge < -0.3 is 10.2 Å². The Bertz CT molecular complexity index is 155. The third-order valence-electron chi connectivity index (χ3n) is 2.29. The predicted octanol–water partition coefficient (Wildman–Crippen LogP) is 2.29. The van der Waals surface area contributed by atoms with Crippen molar-refractivity contribution in [1.82, 2.24) is 0 Å². The number of hydrogen-bond acceptors (Lipinski definition) is 2. The lowest BCUT2D eigenvalue weighted by Crippen LogP contribution is -2.10. The Kier molecular flexibility index (Phi) is 7.48. The van der Waals surface area contributed by atoms with Crippen molar-refractivity contribution < 1.29 is 15.0 Å². The van der Waals surface area contributed by atoms with Gasteiger partial charge >= 0.3 is 5.97 Å². The van der Waals surface area contributed by atoms with Gasteiger partial charge in [0, 0.05) is 13.0 Å². The Hall–Kier alpha value is -0.570. The maximum atomic E-state index is 10.6. The molecule has 0 spiro atoms. The molecule has 0 saturated heterocycles. The van der Waals surface area contributed by atoms with Gasteiger partial charge in [0.05, 0.1) is 0 Å². The minimum atomic E-state index is -0.709. The lowest BCUT2D eigenvalue weighted by atomic mass is 9.90. The minimum Gasteiger partial charge on any atom is -0.481 e. The number of carboxylic acids is 1. The first-order valence-electron chi connectivity index (χ1n) is 5.39. The standard InChI is InChI=1S/C11H22O3/c1-9(2)7-10(8-11(13)14)5-3-4-6-12/h9-10,12H,3-8H2,1-2H3,(H,13,14). The van der Waals surface area contributed by atoms with E-state index in [2.05, 4.69) is 13.8 Å². The molecule has 84 valence electrons. The third kappa shape index (κ3) is 8.05. The molecular formula is C11H22O3. The summed E-state index contributed by atoms with van der Waals surface area (Å²) in [6.07, 6.45) is 3.88. The van der Waals surface area contributed by atoms with Crippen LogP contribution >= 0.6 is 0 Å². The molecular weight excluding hydrogens is 180 g/mol. The van der Waals surface area contributed by atoms with E-state index in [1.165, 1.54) is 0 Å². The molecule has 0 aromatic heterocycles. The first-order valence-corrected chi connectivity index (χ1v) is 5.39. The second-order valence-electron chi connectivity index (χ2n) is 4.31. The topological polar surface area (TPSA) is 57.5 Å². The van der Waals surface area contributed by atoms with Gasteiger partial charge in [-0.05, 0) is 31.1 Å². The number of rotatable bonds is 8. The summed E-state index contributed by atoms with van der Waals surface area (Å²) in [4.78, 5) is 10.6. The van der Waals surface area contributed by atoms with Crippen molar-refractivity contribution in [1.29, 1.82) is 0 Å². The van der Waals surface area contributed by atoms with E-state index in [1.807, 2.05) is 0 Å². The van der Waals surface area contributed by atoms with Gasteiger partial charge in [-0.2, -0.15) is 0 Å². The molecule has 0 aliphatic heterocycles. The van der Waals surface area contributed by atoms with Crippen LogP contribution in [0.15, 0.2) is 0 Å². The third-order valence-corrected chi connectivity index (χ3v) is 2.29. The summed E-state index contributed by atoms with van der Waals surface area (Å²) < 4.78 is 0. The van der Waals surface area contributed by atoms with E-state index in [9.17, 15) is 4.79 Å². The molecule has 0 aliphatic carbocycles. The van der Waals surface area contributed by atoms with Crippen LogP contribution in [-0.4, -0.2) is 22.8 Å². The Balaban J connectivity index is 3.78. The zero-order valence-electron chi connectivity index (χ0n) is 9.20. The predicted molar refractivity (Wildman–Crippen MR) is 56.1 cm³/mol. The van der Waals surface area contributed by atoms with Crippen molar-refractivity contribution in [3.63, 3.8) is 0 Å². The summed E-state index contributed by atoms with van der Waals surface area (Å²) in [6.45, 7) is 4.43. The minimum absolute atomic E-state index is 0.210. The van der Waals surface area contributed by atoms with Gasteiger partial charge in [-0.1, -0.05) is 20.3 Å². The molecule has 14 heavy (non-hydrogen) atoms. The SMILES string of the molecule is CC(C)CC(CCCCO)CC(=O)O. The second kappa shape index (κ2) is 7.80. The van der Waals surface area contributed by atoms with Crippen molar-refractivity contribution >= 4 is 5.97 Å². The van der Waals surface area contributed by atoms with Crippen molar-refractivity contribution in [2.45, 2.75) is 46.0 Å². The van der Waals surface area contributed by atoms with Gasteiger partial charge in [0.2, 0.25) is 0 Å². The van der Waals surface area contributed by atoms with E-state index < -0.39 is 5.97 Å². The van der Waals surface area contributed by atoms with Gasteiger partial charge in [0.1, 0.15) is 0 Å². The fraction of sp³-hybridized carbons (Fsp3) is 0.909. The number of carboxylic acid groups (broad SMARTS) is 1. The quantitative estimate of drug-likeness (QED) is 0.594. The highest BCUT2D eigenvalue weighted by Gasteiger charge is 2.14. The normalized spacial score (nSPS) is 13.1. The maximum Gasteiger partial charge on any atom is 0.303 e. The molecule has 0 fully saturated rings. The van der Waals surface area contributed by atoms with Crippen LogP contribution < -0.4 is 0 Å². The number of unbranched alkanes of at least 4 members (excludes halogenated alkanes) is 1. The molecule has 3 heteroatoms. The van der Waals surface area contributed by atoms with Crippen LogP contribution in [0.5, 0.6) is 0 Å². The van der Waals surface area contributed by atoms with Crippen LogP contribution in [0.3, 0.4) is 0 Å². The van der Waals surface area contributed by atoms with Gasteiger partial charge in [0.25, 0.3) is 0 Å². The van der Waals surface area contributed by atoms with Crippen molar-refractivity contribution in [3.05, 3.63) is 0 Å². The molecule has 0 heterocycles. The first-order chi connectivity index (χ1) is 6.56. The summed E-state index contributed by atoms with van der Waals surface area (Å²) in [7, 11) is 0. The maximum absolute atomic E-state index is 10.6. The van der Waals surface area contributed by atoms with Gasteiger partial charge in [-0.25, -0.2) is 0 Å². The largest absolute Gasteiger partial charge is 0.481 e. The molecule has 0 bridgehead atoms. The second-order valence-corrected chi connectivity index (χ2v) is 4.31. The number of aliphatic hydroxyl groups excluding tert-OH is 1. The van der Waals surface area contributed by atoms with Gasteiger partial charge in [-0.15, -0.1) is 0 Å². The lowest BCUT2D eigenvalue weighted by Gasteiger charge is -2.16. The Morgan fingerprint density at radius 1 is 1.29 bits per heavy atom. The first kappa shape index (κ1) is 13.4. The van der Waals surface area contributed by atoms with E-state index >= 15 is 0 Å². The molecule has 0 aromatic carbocycles. The highest BCUT2D eigenvalue weighted by atomic mass is 16.4. The molecule has 0 aliphatic rings. The fourth-order valence-corrected chi connectivity index (χ4v) is 1.76. The Labute approximate surface area is 86.1 Å². The average molecular weight is 202 g/mol. The van der Waals surface area contributed by atoms with Crippen molar-refractivity contribution in [3.8, 4) is 0 Å². The molecule has 3 nitrogen and oxygen atoms in total. The molecule has 0 amide bonds. The number of hydrogen-bond donors (Lipinski definition) is 2. The van der Waals surface area contributed by atoms with E-state index in [-0.39, 0.29) is 18.9 Å². The number of aliphatic carboxylic acids is 1. The van der Waals surface area contributed by atoms with Crippen molar-refractivity contribution in [2.24, 2.45) is 11.8 Å². The van der Waals surface area contributed by atoms with Gasteiger partial charge in [-0.3, -0.25) is 4.79 Å². The summed E-state index contributed by atoms with van der Waals surface area (Å²) in [5.41, 5.74) is 0. The van der Waals surface area contributed by atoms with E-state index in [4.69, 9.17) is 10.2 Å². The van der Waals surface area contributed by atoms with Crippen LogP contribution in [0, 0.1) is 11.8 Å². The lowest BCUT2D eigenvalue weighted by molar-refractivity contribution is -0.138. The van der Waals surface area contributed by atoms with E-state index in [1.54, 1.807) is 0 Å². The highest BCUT2D eigenvalue weighted by molar-refractivity contribution is 5.66. The molecule has 2 N–H and O–H groups in total. The average Bonchev–Trinajstić information content (AvgIpc) is 2.02. The van der Waals surface area contributed by atoms with E-state index in [0.29, 0.717) is 5.92 Å². The smallest absolute Gasteiger partial charge is 0.303 e. The Morgan fingerprint density at radius 2 is 1.93 bits per heavy atom. The summed E-state index contributed by atoms with van der Waals surface area (Å²) in [6, 6.07) is 0. The monoisotopic (exact) mass is 202 g/mol. The Morgan fingerprint density at radius 3 is 2.36 bits per heavy atom. The molecule has 1 atom stereocenters. The molecule has 0 radical (unpaired) electrons. The molecule has 1 unspecified atom stereocenters. The number of aliphatic hydroxyl groups is 1. The summed E-state index contributed by atoms with van der Waals surface area (Å²) >= 11 is 0.